The lowest BCUT2D eigenvalue weighted by atomic mass is 9.87. The molecular weight excluding hydrogens is 256 g/mol. The van der Waals surface area contributed by atoms with Crippen LogP contribution in [0.25, 0.3) is 0 Å². The minimum absolute atomic E-state index is 0.00441. The molecule has 0 aromatic carbocycles. The molecule has 122 valence electrons. The summed E-state index contributed by atoms with van der Waals surface area (Å²) in [7, 11) is 0. The van der Waals surface area contributed by atoms with Crippen LogP contribution in [0.5, 0.6) is 0 Å². The van der Waals surface area contributed by atoms with Crippen molar-refractivity contribution in [1.29, 1.82) is 0 Å². The first-order valence-corrected chi connectivity index (χ1v) is 7.70. The predicted octanol–water partition coefficient (Wildman–Crippen LogP) is 3.02. The molecule has 0 aliphatic heterocycles. The van der Waals surface area contributed by atoms with Crippen LogP contribution >= 0.6 is 0 Å². The number of hydrogen-bond donors (Lipinski definition) is 1. The largest absolute Gasteiger partial charge is 0.394 e. The van der Waals surface area contributed by atoms with E-state index in [1.165, 1.54) is 0 Å². The van der Waals surface area contributed by atoms with Crippen molar-refractivity contribution in [2.45, 2.75) is 79.3 Å². The second-order valence-corrected chi connectivity index (χ2v) is 6.68. The molecule has 0 saturated heterocycles. The van der Waals surface area contributed by atoms with Gasteiger partial charge in [0.15, 0.2) is 0 Å². The van der Waals surface area contributed by atoms with Gasteiger partial charge in [0.05, 0.1) is 44.2 Å². The number of ether oxygens (including phenoxy) is 3. The fraction of sp³-hybridized carbons (Fsp3) is 1.00. The van der Waals surface area contributed by atoms with Gasteiger partial charge in [0, 0.05) is 0 Å². The Kier molecular flexibility index (Phi) is 9.64. The summed E-state index contributed by atoms with van der Waals surface area (Å²) in [4.78, 5) is 0. The normalized spacial score (nSPS) is 18.6. The molecule has 0 aliphatic carbocycles. The average molecular weight is 290 g/mol. The monoisotopic (exact) mass is 290 g/mol. The maximum absolute atomic E-state index is 8.88. The molecule has 0 bridgehead atoms. The molecule has 0 heterocycles. The van der Waals surface area contributed by atoms with E-state index in [9.17, 15) is 0 Å². The Labute approximate surface area is 124 Å². The Hall–Kier alpha value is -0.160. The van der Waals surface area contributed by atoms with Crippen molar-refractivity contribution in [1.82, 2.24) is 0 Å². The molecule has 0 rings (SSSR count). The lowest BCUT2D eigenvalue weighted by Gasteiger charge is -2.32. The first-order chi connectivity index (χ1) is 9.20. The first kappa shape index (κ1) is 19.8. The van der Waals surface area contributed by atoms with E-state index in [-0.39, 0.29) is 36.4 Å². The highest BCUT2D eigenvalue weighted by Crippen LogP contribution is 2.25. The Morgan fingerprint density at radius 2 is 1.40 bits per heavy atom. The van der Waals surface area contributed by atoms with Crippen LogP contribution in [0.2, 0.25) is 0 Å². The second kappa shape index (κ2) is 9.72. The topological polar surface area (TPSA) is 47.9 Å². The molecule has 20 heavy (non-hydrogen) atoms. The van der Waals surface area contributed by atoms with Crippen LogP contribution in [0.1, 0.15) is 54.9 Å². The standard InChI is InChI=1S/C16H34O4/c1-8-15(16(5,6)7)20-14(4)11-19-13(3)10-18-12(2)9-17/h12-15,17H,8-11H2,1-7H3. The Morgan fingerprint density at radius 3 is 1.85 bits per heavy atom. The summed E-state index contributed by atoms with van der Waals surface area (Å²) in [5.74, 6) is 0. The van der Waals surface area contributed by atoms with Crippen LogP contribution in [0, 0.1) is 5.41 Å². The molecule has 4 nitrogen and oxygen atoms in total. The van der Waals surface area contributed by atoms with E-state index in [4.69, 9.17) is 19.3 Å². The van der Waals surface area contributed by atoms with E-state index >= 15 is 0 Å². The van der Waals surface area contributed by atoms with Crippen molar-refractivity contribution in [3.63, 3.8) is 0 Å². The van der Waals surface area contributed by atoms with Crippen LogP contribution < -0.4 is 0 Å². The quantitative estimate of drug-likeness (QED) is 0.672. The van der Waals surface area contributed by atoms with Crippen molar-refractivity contribution < 1.29 is 19.3 Å². The van der Waals surface area contributed by atoms with Crippen LogP contribution in [-0.4, -0.2) is 49.3 Å². The third kappa shape index (κ3) is 8.90. The van der Waals surface area contributed by atoms with E-state index in [0.29, 0.717) is 13.2 Å². The highest BCUT2D eigenvalue weighted by molar-refractivity contribution is 4.74. The van der Waals surface area contributed by atoms with E-state index < -0.39 is 0 Å². The third-order valence-electron chi connectivity index (χ3n) is 3.22. The molecule has 0 amide bonds. The number of rotatable bonds is 10. The van der Waals surface area contributed by atoms with Gasteiger partial charge >= 0.3 is 0 Å². The average Bonchev–Trinajstić information content (AvgIpc) is 2.38. The molecule has 0 aromatic heterocycles. The Bertz CT molecular complexity index is 237. The number of aliphatic hydroxyl groups excluding tert-OH is 1. The molecule has 0 aliphatic rings. The fourth-order valence-electron chi connectivity index (χ4n) is 1.93. The Balaban J connectivity index is 3.94. The first-order valence-electron chi connectivity index (χ1n) is 7.70. The summed E-state index contributed by atoms with van der Waals surface area (Å²) in [5.41, 5.74) is 0.147. The van der Waals surface area contributed by atoms with Gasteiger partial charge in [-0.25, -0.2) is 0 Å². The maximum Gasteiger partial charge on any atom is 0.0784 e. The lowest BCUT2D eigenvalue weighted by molar-refractivity contribution is -0.111. The van der Waals surface area contributed by atoms with E-state index in [2.05, 4.69) is 27.7 Å². The van der Waals surface area contributed by atoms with E-state index in [0.717, 1.165) is 6.42 Å². The summed E-state index contributed by atoms with van der Waals surface area (Å²) in [5, 5.41) is 8.88. The molecule has 4 atom stereocenters. The molecule has 0 spiro atoms. The molecule has 4 heteroatoms. The summed E-state index contributed by atoms with van der Waals surface area (Å²) < 4.78 is 17.2. The minimum Gasteiger partial charge on any atom is -0.394 e. The van der Waals surface area contributed by atoms with Gasteiger partial charge in [0.1, 0.15) is 0 Å². The van der Waals surface area contributed by atoms with Crippen LogP contribution in [0.4, 0.5) is 0 Å². The molecule has 0 saturated carbocycles. The zero-order valence-electron chi connectivity index (χ0n) is 14.3. The van der Waals surface area contributed by atoms with Crippen molar-refractivity contribution in [3.8, 4) is 0 Å². The highest BCUT2D eigenvalue weighted by atomic mass is 16.6. The van der Waals surface area contributed by atoms with Crippen molar-refractivity contribution >= 4 is 0 Å². The second-order valence-electron chi connectivity index (χ2n) is 6.68. The van der Waals surface area contributed by atoms with Gasteiger partial charge in [-0.15, -0.1) is 0 Å². The molecule has 0 aromatic rings. The molecular formula is C16H34O4. The van der Waals surface area contributed by atoms with Gasteiger partial charge in [-0.2, -0.15) is 0 Å². The van der Waals surface area contributed by atoms with Gasteiger partial charge in [-0.1, -0.05) is 27.7 Å². The highest BCUT2D eigenvalue weighted by Gasteiger charge is 2.25. The minimum atomic E-state index is -0.139. The van der Waals surface area contributed by atoms with Gasteiger partial charge in [-0.3, -0.25) is 0 Å². The Morgan fingerprint density at radius 1 is 0.900 bits per heavy atom. The third-order valence-corrected chi connectivity index (χ3v) is 3.22. The van der Waals surface area contributed by atoms with Crippen LogP contribution in [-0.2, 0) is 14.2 Å². The van der Waals surface area contributed by atoms with Crippen molar-refractivity contribution in [2.75, 3.05) is 19.8 Å². The van der Waals surface area contributed by atoms with Gasteiger partial charge in [0.25, 0.3) is 0 Å². The van der Waals surface area contributed by atoms with Crippen LogP contribution in [0.15, 0.2) is 0 Å². The molecule has 4 unspecified atom stereocenters. The van der Waals surface area contributed by atoms with Gasteiger partial charge < -0.3 is 19.3 Å². The SMILES string of the molecule is CCC(OC(C)COC(C)COC(C)CO)C(C)(C)C. The summed E-state index contributed by atoms with van der Waals surface area (Å²) in [6, 6.07) is 0. The summed E-state index contributed by atoms with van der Waals surface area (Å²) in [6.45, 7) is 15.7. The number of hydrogen-bond acceptors (Lipinski definition) is 4. The molecule has 0 radical (unpaired) electrons. The molecule has 0 fully saturated rings. The van der Waals surface area contributed by atoms with E-state index in [1.54, 1.807) is 0 Å². The maximum atomic E-state index is 8.88. The van der Waals surface area contributed by atoms with E-state index in [1.807, 2.05) is 20.8 Å². The molecule has 1 N–H and O–H groups in total. The zero-order valence-corrected chi connectivity index (χ0v) is 14.3. The fourth-order valence-corrected chi connectivity index (χ4v) is 1.93. The van der Waals surface area contributed by atoms with Crippen LogP contribution in [0.3, 0.4) is 0 Å². The van der Waals surface area contributed by atoms with Crippen molar-refractivity contribution in [2.24, 2.45) is 5.41 Å². The smallest absolute Gasteiger partial charge is 0.0784 e. The lowest BCUT2D eigenvalue weighted by Crippen LogP contribution is -2.34. The predicted molar refractivity (Wildman–Crippen MR) is 82.0 cm³/mol. The summed E-state index contributed by atoms with van der Waals surface area (Å²) in [6.07, 6.45) is 1.17. The summed E-state index contributed by atoms with van der Waals surface area (Å²) >= 11 is 0. The van der Waals surface area contributed by atoms with Crippen molar-refractivity contribution in [3.05, 3.63) is 0 Å². The zero-order chi connectivity index (χ0) is 15.8. The van der Waals surface area contributed by atoms with Gasteiger partial charge in [-0.05, 0) is 32.6 Å². The number of aliphatic hydroxyl groups is 1. The van der Waals surface area contributed by atoms with Gasteiger partial charge in [0.2, 0.25) is 0 Å².